The van der Waals surface area contributed by atoms with Crippen LogP contribution < -0.4 is 4.90 Å². The molecule has 2 fully saturated rings. The lowest BCUT2D eigenvalue weighted by molar-refractivity contribution is -0.915. The fourth-order valence-corrected chi connectivity index (χ4v) is 2.75. The molecule has 0 radical (unpaired) electrons. The van der Waals surface area contributed by atoms with Crippen LogP contribution in [-0.4, -0.2) is 70.8 Å². The molecule has 0 unspecified atom stereocenters. The number of piperidine rings is 1. The molecule has 6 heteroatoms. The van der Waals surface area contributed by atoms with Crippen LogP contribution in [0.5, 0.6) is 0 Å². The second-order valence-corrected chi connectivity index (χ2v) is 5.11. The van der Waals surface area contributed by atoms with Crippen LogP contribution in [-0.2, 0) is 4.74 Å². The van der Waals surface area contributed by atoms with Gasteiger partial charge in [-0.3, -0.25) is 0 Å². The molecule has 2 heterocycles. The molecule has 100 valence electrons. The number of nitrogens with one attached hydrogen (secondary N) is 1. The van der Waals surface area contributed by atoms with Crippen LogP contribution in [0.15, 0.2) is 0 Å². The van der Waals surface area contributed by atoms with Crippen LogP contribution in [0.4, 0.5) is 0 Å². The highest BCUT2D eigenvalue weighted by Gasteiger charge is 2.55. The van der Waals surface area contributed by atoms with Crippen LogP contribution in [0, 0.1) is 0 Å². The number of quaternary nitrogens is 1. The minimum absolute atomic E-state index is 0.252. The Balaban J connectivity index is 1.98. The van der Waals surface area contributed by atoms with E-state index < -0.39 is 30.7 Å². The average Bonchev–Trinajstić information content (AvgIpc) is 2.55. The number of aliphatic hydroxyl groups is 4. The Labute approximate surface area is 100 Å². The van der Waals surface area contributed by atoms with Crippen molar-refractivity contribution in [3.05, 3.63) is 0 Å². The Bertz CT molecular complexity index is 258. The lowest BCUT2D eigenvalue weighted by Gasteiger charge is -2.32. The van der Waals surface area contributed by atoms with E-state index in [4.69, 9.17) is 9.84 Å². The van der Waals surface area contributed by atoms with Gasteiger partial charge in [0.1, 0.15) is 24.9 Å². The molecule has 0 aliphatic carbocycles. The summed E-state index contributed by atoms with van der Waals surface area (Å²) in [5, 5.41) is 38.6. The highest BCUT2D eigenvalue weighted by atomic mass is 16.7. The largest absolute Gasteiger partial charge is 0.394 e. The molecule has 2 rings (SSSR count). The van der Waals surface area contributed by atoms with Gasteiger partial charge in [-0.25, -0.2) is 0 Å². The van der Waals surface area contributed by atoms with Crippen molar-refractivity contribution >= 4 is 0 Å². The monoisotopic (exact) mass is 248 g/mol. The Morgan fingerprint density at radius 1 is 1.18 bits per heavy atom. The molecule has 0 aromatic rings. The van der Waals surface area contributed by atoms with Crippen LogP contribution in [0.2, 0.25) is 0 Å². The number of aliphatic hydroxyl groups excluding tert-OH is 3. The van der Waals surface area contributed by atoms with Crippen LogP contribution >= 0.6 is 0 Å². The summed E-state index contributed by atoms with van der Waals surface area (Å²) in [6, 6.07) is 0. The lowest BCUT2D eigenvalue weighted by atomic mass is 10.0. The van der Waals surface area contributed by atoms with E-state index in [0.29, 0.717) is 0 Å². The molecule has 0 aromatic carbocycles. The van der Waals surface area contributed by atoms with Crippen molar-refractivity contribution in [2.24, 2.45) is 0 Å². The Morgan fingerprint density at radius 2 is 1.82 bits per heavy atom. The maximum Gasteiger partial charge on any atom is 0.246 e. The van der Waals surface area contributed by atoms with Gasteiger partial charge < -0.3 is 30.1 Å². The zero-order valence-corrected chi connectivity index (χ0v) is 9.88. The lowest BCUT2D eigenvalue weighted by Crippen LogP contribution is -3.15. The van der Waals surface area contributed by atoms with Gasteiger partial charge in [-0.1, -0.05) is 0 Å². The second-order valence-electron chi connectivity index (χ2n) is 5.11. The molecule has 2 aliphatic rings. The summed E-state index contributed by atoms with van der Waals surface area (Å²) in [5.41, 5.74) is 0. The molecule has 4 atom stereocenters. The predicted molar refractivity (Wildman–Crippen MR) is 58.3 cm³/mol. The minimum Gasteiger partial charge on any atom is -0.394 e. The molecule has 0 aromatic heterocycles. The summed E-state index contributed by atoms with van der Waals surface area (Å²) in [5.74, 6) is -1.74. The summed E-state index contributed by atoms with van der Waals surface area (Å²) in [7, 11) is 0. The third kappa shape index (κ3) is 2.62. The van der Waals surface area contributed by atoms with Gasteiger partial charge in [-0.05, 0) is 19.3 Å². The van der Waals surface area contributed by atoms with Gasteiger partial charge in [-0.2, -0.15) is 0 Å². The third-order valence-corrected chi connectivity index (χ3v) is 3.77. The maximum absolute atomic E-state index is 10.2. The van der Waals surface area contributed by atoms with Gasteiger partial charge >= 0.3 is 0 Å². The third-order valence-electron chi connectivity index (χ3n) is 3.77. The zero-order valence-electron chi connectivity index (χ0n) is 9.88. The van der Waals surface area contributed by atoms with Gasteiger partial charge in [0.15, 0.2) is 0 Å². The first-order valence-corrected chi connectivity index (χ1v) is 6.27. The summed E-state index contributed by atoms with van der Waals surface area (Å²) >= 11 is 0. The summed E-state index contributed by atoms with van der Waals surface area (Å²) < 4.78 is 5.21. The van der Waals surface area contributed by atoms with E-state index in [1.54, 1.807) is 0 Å². The SMILES string of the molecule is OC[C@@H]1O[C@@](O)(C[NH+]2CCCCC2)[C@@H](O)[C@@H]1O. The topological polar surface area (TPSA) is 94.6 Å². The van der Waals surface area contributed by atoms with E-state index in [1.165, 1.54) is 11.3 Å². The molecule has 2 aliphatic heterocycles. The molecule has 0 amide bonds. The van der Waals surface area contributed by atoms with E-state index >= 15 is 0 Å². The van der Waals surface area contributed by atoms with E-state index in [1.807, 2.05) is 0 Å². The summed E-state index contributed by atoms with van der Waals surface area (Å²) in [6.07, 6.45) is -0.0729. The summed E-state index contributed by atoms with van der Waals surface area (Å²) in [6.45, 7) is 1.73. The molecule has 0 bridgehead atoms. The first-order chi connectivity index (χ1) is 8.07. The minimum atomic E-state index is -1.74. The van der Waals surface area contributed by atoms with Gasteiger partial charge in [-0.15, -0.1) is 0 Å². The van der Waals surface area contributed by atoms with Crippen molar-refractivity contribution in [1.82, 2.24) is 0 Å². The van der Waals surface area contributed by atoms with E-state index in [-0.39, 0.29) is 6.54 Å². The molecule has 17 heavy (non-hydrogen) atoms. The summed E-state index contributed by atoms with van der Waals surface area (Å²) in [4.78, 5) is 1.17. The van der Waals surface area contributed by atoms with Gasteiger partial charge in [0.2, 0.25) is 5.79 Å². The molecule has 5 N–H and O–H groups in total. The van der Waals surface area contributed by atoms with Crippen LogP contribution in [0.1, 0.15) is 19.3 Å². The number of hydrogen-bond acceptors (Lipinski definition) is 5. The van der Waals surface area contributed by atoms with Crippen molar-refractivity contribution in [3.8, 4) is 0 Å². The van der Waals surface area contributed by atoms with Crippen molar-refractivity contribution in [2.45, 2.75) is 43.4 Å². The van der Waals surface area contributed by atoms with Crippen LogP contribution in [0.25, 0.3) is 0 Å². The molecule has 2 saturated heterocycles. The fourth-order valence-electron chi connectivity index (χ4n) is 2.75. The Morgan fingerprint density at radius 3 is 2.35 bits per heavy atom. The fraction of sp³-hybridized carbons (Fsp3) is 1.00. The van der Waals surface area contributed by atoms with Crippen molar-refractivity contribution in [2.75, 3.05) is 26.2 Å². The van der Waals surface area contributed by atoms with Crippen molar-refractivity contribution < 1.29 is 30.1 Å². The molecule has 0 saturated carbocycles. The van der Waals surface area contributed by atoms with E-state index in [9.17, 15) is 15.3 Å². The first-order valence-electron chi connectivity index (χ1n) is 6.27. The highest BCUT2D eigenvalue weighted by Crippen LogP contribution is 2.28. The first kappa shape index (κ1) is 13.2. The molecule has 0 spiro atoms. The Hall–Kier alpha value is -0.240. The molecule has 6 nitrogen and oxygen atoms in total. The van der Waals surface area contributed by atoms with Crippen molar-refractivity contribution in [3.63, 3.8) is 0 Å². The van der Waals surface area contributed by atoms with Gasteiger partial charge in [0.05, 0.1) is 19.7 Å². The smallest absolute Gasteiger partial charge is 0.246 e. The molecular formula is C11H22NO5+. The number of ether oxygens (including phenoxy) is 1. The van der Waals surface area contributed by atoms with Gasteiger partial charge in [0, 0.05) is 0 Å². The number of hydrogen-bond donors (Lipinski definition) is 5. The maximum atomic E-state index is 10.2. The number of likely N-dealkylation sites (tertiary alicyclic amines) is 1. The second kappa shape index (κ2) is 5.17. The van der Waals surface area contributed by atoms with Gasteiger partial charge in [0.25, 0.3) is 0 Å². The Kier molecular flexibility index (Phi) is 4.02. The standard InChI is InChI=1S/C11H21NO5/c13-6-8-9(14)10(15)11(16,17-8)7-12-4-2-1-3-5-12/h8-10,13-16H,1-7H2/p+1/t8-,9+,10-,11-/m0/s1. The number of rotatable bonds is 3. The van der Waals surface area contributed by atoms with Crippen molar-refractivity contribution in [1.29, 1.82) is 0 Å². The highest BCUT2D eigenvalue weighted by molar-refractivity contribution is 4.95. The zero-order chi connectivity index (χ0) is 12.5. The predicted octanol–water partition coefficient (Wildman–Crippen LogP) is -3.14. The van der Waals surface area contributed by atoms with E-state index in [2.05, 4.69) is 0 Å². The molecular weight excluding hydrogens is 226 g/mol. The normalized spacial score (nSPS) is 44.1. The van der Waals surface area contributed by atoms with Crippen LogP contribution in [0.3, 0.4) is 0 Å². The average molecular weight is 248 g/mol. The van der Waals surface area contributed by atoms with E-state index in [0.717, 1.165) is 25.9 Å². The quantitative estimate of drug-likeness (QED) is 0.364.